The number of carbonyl (C=O) groups excluding carboxylic acids is 1. The number of fused-ring (bicyclic) bond motifs is 1. The SMILES string of the molecule is COc1ccc(CN2CC[C@@H]3OCC(=O)N(C)C[C@H]3C2)c(OC)c1. The summed E-state index contributed by atoms with van der Waals surface area (Å²) in [6.07, 6.45) is 1.15. The van der Waals surface area contributed by atoms with Crippen LogP contribution in [0.25, 0.3) is 0 Å². The molecule has 1 aromatic rings. The number of amides is 1. The van der Waals surface area contributed by atoms with Gasteiger partial charge in [-0.05, 0) is 12.5 Å². The van der Waals surface area contributed by atoms with Gasteiger partial charge >= 0.3 is 0 Å². The monoisotopic (exact) mass is 334 g/mol. The highest BCUT2D eigenvalue weighted by molar-refractivity contribution is 5.77. The number of benzene rings is 1. The molecule has 0 radical (unpaired) electrons. The van der Waals surface area contributed by atoms with Crippen molar-refractivity contribution in [2.75, 3.05) is 47.5 Å². The molecule has 0 saturated carbocycles. The minimum Gasteiger partial charge on any atom is -0.497 e. The van der Waals surface area contributed by atoms with Gasteiger partial charge in [-0.3, -0.25) is 9.69 Å². The van der Waals surface area contributed by atoms with Crippen molar-refractivity contribution in [1.82, 2.24) is 9.80 Å². The maximum absolute atomic E-state index is 11.8. The van der Waals surface area contributed by atoms with Gasteiger partial charge in [0.05, 0.1) is 20.3 Å². The number of hydrogen-bond acceptors (Lipinski definition) is 5. The highest BCUT2D eigenvalue weighted by atomic mass is 16.5. The summed E-state index contributed by atoms with van der Waals surface area (Å²) in [5.74, 6) is 2.08. The number of ether oxygens (including phenoxy) is 3. The van der Waals surface area contributed by atoms with E-state index in [4.69, 9.17) is 14.2 Å². The molecule has 132 valence electrons. The quantitative estimate of drug-likeness (QED) is 0.833. The second-order valence-corrected chi connectivity index (χ2v) is 6.59. The van der Waals surface area contributed by atoms with Crippen molar-refractivity contribution in [2.24, 2.45) is 5.92 Å². The van der Waals surface area contributed by atoms with Crippen LogP contribution >= 0.6 is 0 Å². The summed E-state index contributed by atoms with van der Waals surface area (Å²) in [7, 11) is 5.20. The second kappa shape index (κ2) is 7.40. The first-order chi connectivity index (χ1) is 11.6. The van der Waals surface area contributed by atoms with E-state index in [0.717, 1.165) is 49.7 Å². The van der Waals surface area contributed by atoms with Crippen molar-refractivity contribution >= 4 is 5.91 Å². The Balaban J connectivity index is 1.68. The highest BCUT2D eigenvalue weighted by Crippen LogP contribution is 2.29. The molecule has 0 bridgehead atoms. The number of likely N-dealkylation sites (tertiary alicyclic amines) is 1. The zero-order valence-corrected chi connectivity index (χ0v) is 14.7. The summed E-state index contributed by atoms with van der Waals surface area (Å²) in [4.78, 5) is 16.0. The fraction of sp³-hybridized carbons (Fsp3) is 0.611. The molecular weight excluding hydrogens is 308 g/mol. The van der Waals surface area contributed by atoms with Crippen LogP contribution in [-0.2, 0) is 16.1 Å². The molecule has 6 heteroatoms. The van der Waals surface area contributed by atoms with E-state index in [1.165, 1.54) is 0 Å². The van der Waals surface area contributed by atoms with Gasteiger partial charge in [0, 0.05) is 50.8 Å². The fourth-order valence-corrected chi connectivity index (χ4v) is 3.59. The van der Waals surface area contributed by atoms with E-state index in [9.17, 15) is 4.79 Å². The zero-order valence-electron chi connectivity index (χ0n) is 14.7. The first-order valence-electron chi connectivity index (χ1n) is 8.39. The van der Waals surface area contributed by atoms with E-state index in [1.807, 2.05) is 19.2 Å². The smallest absolute Gasteiger partial charge is 0.248 e. The largest absolute Gasteiger partial charge is 0.497 e. The normalized spacial score (nSPS) is 25.1. The van der Waals surface area contributed by atoms with E-state index >= 15 is 0 Å². The van der Waals surface area contributed by atoms with Crippen molar-refractivity contribution < 1.29 is 19.0 Å². The second-order valence-electron chi connectivity index (χ2n) is 6.59. The molecule has 0 N–H and O–H groups in total. The van der Waals surface area contributed by atoms with Crippen LogP contribution in [0.3, 0.4) is 0 Å². The number of rotatable bonds is 4. The summed E-state index contributed by atoms with van der Waals surface area (Å²) >= 11 is 0. The lowest BCUT2D eigenvalue weighted by Crippen LogP contribution is -2.46. The Morgan fingerprint density at radius 3 is 2.83 bits per heavy atom. The fourth-order valence-electron chi connectivity index (χ4n) is 3.59. The van der Waals surface area contributed by atoms with Crippen LogP contribution < -0.4 is 9.47 Å². The van der Waals surface area contributed by atoms with E-state index in [0.29, 0.717) is 5.92 Å². The van der Waals surface area contributed by atoms with Gasteiger partial charge in [0.15, 0.2) is 0 Å². The van der Waals surface area contributed by atoms with Gasteiger partial charge in [0.2, 0.25) is 5.91 Å². The van der Waals surface area contributed by atoms with Crippen LogP contribution in [0.4, 0.5) is 0 Å². The molecule has 2 aliphatic rings. The van der Waals surface area contributed by atoms with Crippen LogP contribution in [0.15, 0.2) is 18.2 Å². The van der Waals surface area contributed by atoms with E-state index in [1.54, 1.807) is 19.1 Å². The molecule has 1 aromatic carbocycles. The molecular formula is C18H26N2O4. The summed E-state index contributed by atoms with van der Waals surface area (Å²) in [6, 6.07) is 5.94. The first-order valence-corrected chi connectivity index (χ1v) is 8.39. The van der Waals surface area contributed by atoms with E-state index in [2.05, 4.69) is 11.0 Å². The summed E-state index contributed by atoms with van der Waals surface area (Å²) in [6.45, 7) is 3.70. The molecule has 0 unspecified atom stereocenters. The summed E-state index contributed by atoms with van der Waals surface area (Å²) in [5.41, 5.74) is 1.15. The molecule has 2 atom stereocenters. The minimum absolute atomic E-state index is 0.0766. The van der Waals surface area contributed by atoms with Crippen LogP contribution in [0.5, 0.6) is 11.5 Å². The van der Waals surface area contributed by atoms with Crippen molar-refractivity contribution in [2.45, 2.75) is 19.1 Å². The number of methoxy groups -OCH3 is 2. The third-order valence-corrected chi connectivity index (χ3v) is 4.99. The third kappa shape index (κ3) is 3.65. The van der Waals surface area contributed by atoms with Gasteiger partial charge in [0.1, 0.15) is 18.1 Å². The molecule has 2 heterocycles. The van der Waals surface area contributed by atoms with Crippen molar-refractivity contribution in [1.29, 1.82) is 0 Å². The predicted octanol–water partition coefficient (Wildman–Crippen LogP) is 1.38. The number of piperidine rings is 1. The topological polar surface area (TPSA) is 51.2 Å². The lowest BCUT2D eigenvalue weighted by atomic mass is 9.94. The van der Waals surface area contributed by atoms with Crippen LogP contribution in [-0.4, -0.2) is 69.3 Å². The number of hydrogen-bond donors (Lipinski definition) is 0. The minimum atomic E-state index is 0.0766. The molecule has 24 heavy (non-hydrogen) atoms. The van der Waals surface area contributed by atoms with Crippen LogP contribution in [0, 0.1) is 5.92 Å². The van der Waals surface area contributed by atoms with E-state index in [-0.39, 0.29) is 18.6 Å². The maximum atomic E-state index is 11.8. The van der Waals surface area contributed by atoms with Gasteiger partial charge in [-0.2, -0.15) is 0 Å². The summed E-state index contributed by atoms with van der Waals surface area (Å²) < 4.78 is 16.6. The van der Waals surface area contributed by atoms with E-state index < -0.39 is 0 Å². The number of carbonyl (C=O) groups is 1. The third-order valence-electron chi connectivity index (χ3n) is 4.99. The van der Waals surface area contributed by atoms with Crippen LogP contribution in [0.1, 0.15) is 12.0 Å². The average Bonchev–Trinajstić information content (AvgIpc) is 2.74. The Kier molecular flexibility index (Phi) is 5.26. The number of nitrogens with zero attached hydrogens (tertiary/aromatic N) is 2. The van der Waals surface area contributed by atoms with Crippen molar-refractivity contribution in [3.8, 4) is 11.5 Å². The van der Waals surface area contributed by atoms with Gasteiger partial charge in [0.25, 0.3) is 0 Å². The first kappa shape index (κ1) is 17.0. The van der Waals surface area contributed by atoms with Gasteiger partial charge in [-0.15, -0.1) is 0 Å². The van der Waals surface area contributed by atoms with Crippen molar-refractivity contribution in [3.05, 3.63) is 23.8 Å². The Labute approximate surface area is 143 Å². The predicted molar refractivity (Wildman–Crippen MR) is 90.3 cm³/mol. The lowest BCUT2D eigenvalue weighted by Gasteiger charge is -2.37. The zero-order chi connectivity index (χ0) is 17.1. The molecule has 6 nitrogen and oxygen atoms in total. The molecule has 0 spiro atoms. The Hall–Kier alpha value is -1.79. The molecule has 1 amide bonds. The van der Waals surface area contributed by atoms with Crippen molar-refractivity contribution in [3.63, 3.8) is 0 Å². The van der Waals surface area contributed by atoms with Gasteiger partial charge in [-0.25, -0.2) is 0 Å². The molecule has 2 fully saturated rings. The molecule has 0 aromatic heterocycles. The number of likely N-dealkylation sites (N-methyl/N-ethyl adjacent to an activating group) is 1. The average molecular weight is 334 g/mol. The maximum Gasteiger partial charge on any atom is 0.248 e. The standard InChI is InChI=1S/C18H26N2O4/c1-19-9-14-11-20(7-6-16(14)24-12-18(19)21)10-13-4-5-15(22-2)8-17(13)23-3/h4-5,8,14,16H,6-7,9-12H2,1-3H3/t14-,16-/m0/s1. The molecule has 2 aliphatic heterocycles. The highest BCUT2D eigenvalue weighted by Gasteiger charge is 2.34. The van der Waals surface area contributed by atoms with Gasteiger partial charge < -0.3 is 19.1 Å². The van der Waals surface area contributed by atoms with Gasteiger partial charge in [-0.1, -0.05) is 6.07 Å². The molecule has 0 aliphatic carbocycles. The summed E-state index contributed by atoms with van der Waals surface area (Å²) in [5, 5.41) is 0. The lowest BCUT2D eigenvalue weighted by molar-refractivity contribution is -0.133. The Bertz CT molecular complexity index is 592. The van der Waals surface area contributed by atoms with Crippen LogP contribution in [0.2, 0.25) is 0 Å². The molecule has 2 saturated heterocycles. The Morgan fingerprint density at radius 1 is 1.25 bits per heavy atom. The molecule has 3 rings (SSSR count). The Morgan fingerprint density at radius 2 is 2.08 bits per heavy atom.